The van der Waals surface area contributed by atoms with Crippen LogP contribution in [-0.4, -0.2) is 37.7 Å². The lowest BCUT2D eigenvalue weighted by Crippen LogP contribution is -2.27. The number of aromatic nitrogens is 1. The Balaban J connectivity index is 1.45. The number of hydrogen-bond acceptors (Lipinski definition) is 6. The molecule has 9 heteroatoms. The van der Waals surface area contributed by atoms with Crippen molar-refractivity contribution < 1.29 is 19.1 Å². The second-order valence-electron chi connectivity index (χ2n) is 6.51. The minimum Gasteiger partial charge on any atom is -0.496 e. The highest BCUT2D eigenvalue weighted by Crippen LogP contribution is 2.23. The molecule has 0 saturated carbocycles. The number of methoxy groups -OCH3 is 2. The fraction of sp³-hybridized carbons (Fsp3) is 0.227. The zero-order valence-electron chi connectivity index (χ0n) is 17.3. The maximum atomic E-state index is 12.2. The summed E-state index contributed by atoms with van der Waals surface area (Å²) in [6.45, 7) is 0.496. The van der Waals surface area contributed by atoms with E-state index in [2.05, 4.69) is 20.9 Å². The molecule has 0 saturated heterocycles. The summed E-state index contributed by atoms with van der Waals surface area (Å²) in [5.41, 5.74) is 2.17. The van der Waals surface area contributed by atoms with Crippen LogP contribution in [0.2, 0.25) is 0 Å². The number of hydrogen-bond donors (Lipinski definition) is 3. The maximum Gasteiger partial charge on any atom is 0.325 e. The van der Waals surface area contributed by atoms with Gasteiger partial charge in [-0.05, 0) is 30.2 Å². The van der Waals surface area contributed by atoms with Gasteiger partial charge in [-0.3, -0.25) is 10.1 Å². The van der Waals surface area contributed by atoms with Crippen LogP contribution in [0.1, 0.15) is 11.3 Å². The summed E-state index contributed by atoms with van der Waals surface area (Å²) in [5.74, 6) is 1.23. The number of nitrogens with zero attached hydrogens (tertiary/aromatic N) is 1. The Morgan fingerprint density at radius 3 is 2.45 bits per heavy atom. The van der Waals surface area contributed by atoms with Crippen molar-refractivity contribution in [3.05, 3.63) is 65.2 Å². The third kappa shape index (κ3) is 6.45. The number of para-hydroxylation sites is 3. The molecule has 0 atom stereocenters. The van der Waals surface area contributed by atoms with Crippen LogP contribution >= 0.6 is 11.3 Å². The molecule has 2 aromatic carbocycles. The number of urea groups is 1. The Morgan fingerprint density at radius 2 is 1.68 bits per heavy atom. The Kier molecular flexibility index (Phi) is 7.83. The second-order valence-corrected chi connectivity index (χ2v) is 7.37. The molecule has 0 spiro atoms. The summed E-state index contributed by atoms with van der Waals surface area (Å²) >= 11 is 1.26. The average molecular weight is 441 g/mol. The number of amides is 3. The molecule has 0 bridgehead atoms. The van der Waals surface area contributed by atoms with Crippen molar-refractivity contribution in [3.8, 4) is 11.5 Å². The molecule has 162 valence electrons. The van der Waals surface area contributed by atoms with Crippen molar-refractivity contribution in [2.24, 2.45) is 0 Å². The highest BCUT2D eigenvalue weighted by molar-refractivity contribution is 7.14. The Labute approximate surface area is 184 Å². The van der Waals surface area contributed by atoms with Gasteiger partial charge in [-0.15, -0.1) is 11.3 Å². The van der Waals surface area contributed by atoms with Gasteiger partial charge in [0.2, 0.25) is 5.91 Å². The van der Waals surface area contributed by atoms with E-state index in [1.165, 1.54) is 18.4 Å². The van der Waals surface area contributed by atoms with E-state index in [1.54, 1.807) is 30.7 Å². The summed E-state index contributed by atoms with van der Waals surface area (Å²) in [7, 11) is 3.16. The fourth-order valence-electron chi connectivity index (χ4n) is 2.92. The molecule has 8 nitrogen and oxygen atoms in total. The quantitative estimate of drug-likeness (QED) is 0.471. The van der Waals surface area contributed by atoms with Gasteiger partial charge in [0.1, 0.15) is 11.5 Å². The minimum atomic E-state index is -0.438. The Morgan fingerprint density at radius 1 is 0.968 bits per heavy atom. The van der Waals surface area contributed by atoms with Gasteiger partial charge in [0, 0.05) is 11.9 Å². The smallest absolute Gasteiger partial charge is 0.325 e. The first-order valence-electron chi connectivity index (χ1n) is 9.63. The number of ether oxygens (including phenoxy) is 2. The van der Waals surface area contributed by atoms with Crippen LogP contribution in [0.25, 0.3) is 0 Å². The first-order chi connectivity index (χ1) is 15.1. The summed E-state index contributed by atoms with van der Waals surface area (Å²) in [6.07, 6.45) is 0.807. The van der Waals surface area contributed by atoms with Gasteiger partial charge >= 0.3 is 6.03 Å². The van der Waals surface area contributed by atoms with Gasteiger partial charge in [-0.1, -0.05) is 30.3 Å². The summed E-state index contributed by atoms with van der Waals surface area (Å²) < 4.78 is 10.5. The van der Waals surface area contributed by atoms with Crippen molar-refractivity contribution in [1.82, 2.24) is 10.3 Å². The van der Waals surface area contributed by atoms with Crippen LogP contribution in [0.5, 0.6) is 11.5 Å². The van der Waals surface area contributed by atoms with E-state index in [1.807, 2.05) is 30.3 Å². The van der Waals surface area contributed by atoms with E-state index >= 15 is 0 Å². The van der Waals surface area contributed by atoms with Crippen LogP contribution in [-0.2, 0) is 17.6 Å². The molecular weight excluding hydrogens is 416 g/mol. The molecule has 3 N–H and O–H groups in total. The number of rotatable bonds is 9. The Bertz CT molecular complexity index is 1040. The van der Waals surface area contributed by atoms with Gasteiger partial charge in [-0.25, -0.2) is 9.78 Å². The predicted octanol–water partition coefficient (Wildman–Crippen LogP) is 3.71. The van der Waals surface area contributed by atoms with Crippen molar-refractivity contribution in [2.45, 2.75) is 12.8 Å². The lowest BCUT2D eigenvalue weighted by atomic mass is 10.1. The van der Waals surface area contributed by atoms with Crippen LogP contribution in [0.15, 0.2) is 53.9 Å². The van der Waals surface area contributed by atoms with Crippen molar-refractivity contribution in [2.75, 3.05) is 31.4 Å². The molecule has 0 fully saturated rings. The summed E-state index contributed by atoms with van der Waals surface area (Å²) in [6, 6.07) is 14.4. The zero-order chi connectivity index (χ0) is 22.1. The van der Waals surface area contributed by atoms with Gasteiger partial charge in [-0.2, -0.15) is 0 Å². The van der Waals surface area contributed by atoms with E-state index in [4.69, 9.17) is 9.47 Å². The number of thiazole rings is 1. The molecular formula is C22H24N4O4S. The van der Waals surface area contributed by atoms with Crippen LogP contribution in [0.3, 0.4) is 0 Å². The SMILES string of the molecule is COc1ccccc1CCNC(=O)Cc1csc(NC(=O)Nc2ccccc2OC)n1. The second kappa shape index (κ2) is 11.0. The van der Waals surface area contributed by atoms with E-state index in [0.717, 1.165) is 11.3 Å². The number of carbonyl (C=O) groups is 2. The van der Waals surface area contributed by atoms with Gasteiger partial charge < -0.3 is 20.1 Å². The number of nitrogens with one attached hydrogen (secondary N) is 3. The number of anilines is 2. The average Bonchev–Trinajstić information content (AvgIpc) is 3.20. The largest absolute Gasteiger partial charge is 0.496 e. The number of carbonyl (C=O) groups excluding carboxylic acids is 2. The third-order valence-corrected chi connectivity index (χ3v) is 5.18. The van der Waals surface area contributed by atoms with Crippen molar-refractivity contribution >= 4 is 34.1 Å². The zero-order valence-corrected chi connectivity index (χ0v) is 18.1. The standard InChI is InChI=1S/C22H24N4O4S/c1-29-18-9-5-3-7-15(18)11-12-23-20(27)13-16-14-31-22(24-16)26-21(28)25-17-8-4-6-10-19(17)30-2/h3-10,14H,11-13H2,1-2H3,(H,23,27)(H2,24,25,26,28). The molecule has 1 aromatic heterocycles. The van der Waals surface area contributed by atoms with Crippen LogP contribution < -0.4 is 25.4 Å². The maximum absolute atomic E-state index is 12.2. The van der Waals surface area contributed by atoms with Crippen LogP contribution in [0.4, 0.5) is 15.6 Å². The first kappa shape index (κ1) is 22.1. The van der Waals surface area contributed by atoms with Gasteiger partial charge in [0.25, 0.3) is 0 Å². The third-order valence-electron chi connectivity index (χ3n) is 4.38. The van der Waals surface area contributed by atoms with Crippen molar-refractivity contribution in [1.29, 1.82) is 0 Å². The molecule has 3 amide bonds. The molecule has 0 aliphatic carbocycles. The summed E-state index contributed by atoms with van der Waals surface area (Å²) in [5, 5.41) is 10.4. The molecule has 3 rings (SSSR count). The topological polar surface area (TPSA) is 102 Å². The molecule has 0 radical (unpaired) electrons. The predicted molar refractivity (Wildman–Crippen MR) is 121 cm³/mol. The lowest BCUT2D eigenvalue weighted by molar-refractivity contribution is -0.120. The van der Waals surface area contributed by atoms with E-state index in [-0.39, 0.29) is 12.3 Å². The minimum absolute atomic E-state index is 0.134. The Hall–Kier alpha value is -3.59. The molecule has 0 unspecified atom stereocenters. The molecule has 3 aromatic rings. The van der Waals surface area contributed by atoms with E-state index in [0.29, 0.717) is 35.2 Å². The first-order valence-corrected chi connectivity index (χ1v) is 10.5. The summed E-state index contributed by atoms with van der Waals surface area (Å²) in [4.78, 5) is 28.7. The highest BCUT2D eigenvalue weighted by Gasteiger charge is 2.12. The fourth-order valence-corrected chi connectivity index (χ4v) is 3.62. The lowest BCUT2D eigenvalue weighted by Gasteiger charge is -2.09. The molecule has 0 aliphatic heterocycles. The number of benzene rings is 2. The molecule has 0 aliphatic rings. The monoisotopic (exact) mass is 440 g/mol. The van der Waals surface area contributed by atoms with Gasteiger partial charge in [0.05, 0.1) is 32.0 Å². The molecule has 1 heterocycles. The molecule has 31 heavy (non-hydrogen) atoms. The van der Waals surface area contributed by atoms with E-state index in [9.17, 15) is 9.59 Å². The highest BCUT2D eigenvalue weighted by atomic mass is 32.1. The van der Waals surface area contributed by atoms with Gasteiger partial charge in [0.15, 0.2) is 5.13 Å². The van der Waals surface area contributed by atoms with Crippen LogP contribution in [0, 0.1) is 0 Å². The van der Waals surface area contributed by atoms with E-state index < -0.39 is 6.03 Å². The van der Waals surface area contributed by atoms with Crippen molar-refractivity contribution in [3.63, 3.8) is 0 Å². The normalized spacial score (nSPS) is 10.3.